The van der Waals surface area contributed by atoms with Crippen LogP contribution in [-0.2, 0) is 4.74 Å². The molecule has 1 atom stereocenters. The van der Waals surface area contributed by atoms with Crippen molar-refractivity contribution in [2.75, 3.05) is 44.3 Å². The number of halogens is 1. The third-order valence-electron chi connectivity index (χ3n) is 5.87. The third-order valence-corrected chi connectivity index (χ3v) is 5.87. The van der Waals surface area contributed by atoms with Crippen molar-refractivity contribution < 1.29 is 13.9 Å². The van der Waals surface area contributed by atoms with E-state index in [4.69, 9.17) is 14.8 Å². The zero-order chi connectivity index (χ0) is 20.5. The van der Waals surface area contributed by atoms with E-state index in [9.17, 15) is 9.18 Å². The minimum atomic E-state index is -0.339. The van der Waals surface area contributed by atoms with Gasteiger partial charge in [0.25, 0.3) is 5.91 Å². The maximum absolute atomic E-state index is 13.2. The topological polar surface area (TPSA) is 63.0 Å². The standard InChI is InChI=1S/C22H24FN5O2/c23-18-5-3-16(4-6-18)22(29)27-9-1-2-17(14-27)21-24-20-8-7-19(15-28(20)25-21)26-10-12-30-13-11-26/h3-8,15,17H,1-2,9-14H2/t17-/m0/s1. The maximum atomic E-state index is 13.2. The molecular weight excluding hydrogens is 385 g/mol. The van der Waals surface area contributed by atoms with Crippen LogP contribution in [0.1, 0.15) is 34.9 Å². The van der Waals surface area contributed by atoms with Gasteiger partial charge in [-0.3, -0.25) is 4.79 Å². The van der Waals surface area contributed by atoms with Crippen LogP contribution in [0.3, 0.4) is 0 Å². The molecule has 0 unspecified atom stereocenters. The number of hydrogen-bond acceptors (Lipinski definition) is 5. The molecule has 2 saturated heterocycles. The Labute approximate surface area is 174 Å². The van der Waals surface area contributed by atoms with Crippen molar-refractivity contribution in [3.05, 3.63) is 59.8 Å². The van der Waals surface area contributed by atoms with Gasteiger partial charge in [0.1, 0.15) is 5.82 Å². The second kappa shape index (κ2) is 8.02. The number of hydrogen-bond donors (Lipinski definition) is 0. The minimum absolute atomic E-state index is 0.0712. The molecule has 2 aliphatic heterocycles. The normalized spacial score (nSPS) is 20.0. The molecule has 3 aromatic rings. The highest BCUT2D eigenvalue weighted by Gasteiger charge is 2.28. The van der Waals surface area contributed by atoms with Gasteiger partial charge >= 0.3 is 0 Å². The van der Waals surface area contributed by atoms with E-state index in [-0.39, 0.29) is 17.6 Å². The van der Waals surface area contributed by atoms with E-state index in [0.717, 1.165) is 56.3 Å². The molecule has 1 amide bonds. The number of piperidine rings is 1. The number of anilines is 1. The van der Waals surface area contributed by atoms with Gasteiger partial charge in [-0.1, -0.05) is 0 Å². The third kappa shape index (κ3) is 3.75. The van der Waals surface area contributed by atoms with Gasteiger partial charge in [-0.25, -0.2) is 13.9 Å². The summed E-state index contributed by atoms with van der Waals surface area (Å²) in [5.41, 5.74) is 2.43. The smallest absolute Gasteiger partial charge is 0.253 e. The number of aromatic nitrogens is 3. The van der Waals surface area contributed by atoms with Crippen molar-refractivity contribution in [1.82, 2.24) is 19.5 Å². The predicted octanol–water partition coefficient (Wildman–Crippen LogP) is 2.72. The molecule has 0 aliphatic carbocycles. The molecule has 0 N–H and O–H groups in total. The van der Waals surface area contributed by atoms with Crippen LogP contribution >= 0.6 is 0 Å². The van der Waals surface area contributed by atoms with Gasteiger partial charge in [-0.2, -0.15) is 5.10 Å². The summed E-state index contributed by atoms with van der Waals surface area (Å²) in [7, 11) is 0. The Kier molecular flexibility index (Phi) is 5.08. The van der Waals surface area contributed by atoms with Crippen molar-refractivity contribution in [2.24, 2.45) is 0 Å². The monoisotopic (exact) mass is 409 g/mol. The molecule has 2 fully saturated rings. The lowest BCUT2D eigenvalue weighted by molar-refractivity contribution is 0.0704. The lowest BCUT2D eigenvalue weighted by Crippen LogP contribution is -2.39. The van der Waals surface area contributed by atoms with Crippen molar-refractivity contribution in [1.29, 1.82) is 0 Å². The fourth-order valence-electron chi connectivity index (χ4n) is 4.22. The Morgan fingerprint density at radius 3 is 2.67 bits per heavy atom. The summed E-state index contributed by atoms with van der Waals surface area (Å²) in [6.07, 6.45) is 3.86. The van der Waals surface area contributed by atoms with Gasteiger partial charge in [-0.15, -0.1) is 0 Å². The molecule has 156 valence electrons. The first-order valence-corrected chi connectivity index (χ1v) is 10.4. The largest absolute Gasteiger partial charge is 0.378 e. The molecule has 1 aromatic carbocycles. The Morgan fingerprint density at radius 1 is 1.07 bits per heavy atom. The molecule has 0 radical (unpaired) electrons. The number of benzene rings is 1. The molecule has 0 saturated carbocycles. The van der Waals surface area contributed by atoms with Crippen molar-refractivity contribution in [3.63, 3.8) is 0 Å². The first kappa shape index (κ1) is 19.0. The van der Waals surface area contributed by atoms with Crippen LogP contribution in [0.25, 0.3) is 5.65 Å². The summed E-state index contributed by atoms with van der Waals surface area (Å²) in [6.45, 7) is 4.48. The number of pyridine rings is 1. The number of fused-ring (bicyclic) bond motifs is 1. The first-order chi connectivity index (χ1) is 14.7. The molecule has 5 rings (SSSR count). The highest BCUT2D eigenvalue weighted by atomic mass is 19.1. The number of carbonyl (C=O) groups excluding carboxylic acids is 1. The summed E-state index contributed by atoms with van der Waals surface area (Å²) >= 11 is 0. The Morgan fingerprint density at radius 2 is 1.87 bits per heavy atom. The van der Waals surface area contributed by atoms with Gasteiger partial charge in [0.05, 0.1) is 25.1 Å². The molecule has 4 heterocycles. The fraction of sp³-hybridized carbons (Fsp3) is 0.409. The summed E-state index contributed by atoms with van der Waals surface area (Å²) in [5.74, 6) is 0.451. The molecule has 8 heteroatoms. The van der Waals surface area contributed by atoms with Crippen LogP contribution in [0, 0.1) is 5.82 Å². The Bertz CT molecular complexity index is 1050. The van der Waals surface area contributed by atoms with E-state index < -0.39 is 0 Å². The zero-order valence-electron chi connectivity index (χ0n) is 16.7. The highest BCUT2D eigenvalue weighted by molar-refractivity contribution is 5.94. The van der Waals surface area contributed by atoms with E-state index in [1.54, 1.807) is 0 Å². The van der Waals surface area contributed by atoms with E-state index >= 15 is 0 Å². The van der Waals surface area contributed by atoms with Gasteiger partial charge < -0.3 is 14.5 Å². The van der Waals surface area contributed by atoms with Crippen molar-refractivity contribution in [2.45, 2.75) is 18.8 Å². The fourth-order valence-corrected chi connectivity index (χ4v) is 4.22. The molecule has 2 aliphatic rings. The second-order valence-electron chi connectivity index (χ2n) is 7.86. The van der Waals surface area contributed by atoms with E-state index in [1.165, 1.54) is 24.3 Å². The summed E-state index contributed by atoms with van der Waals surface area (Å²) in [5, 5.41) is 4.73. The second-order valence-corrected chi connectivity index (χ2v) is 7.86. The molecule has 30 heavy (non-hydrogen) atoms. The van der Waals surface area contributed by atoms with Gasteiger partial charge in [-0.05, 0) is 49.2 Å². The van der Waals surface area contributed by atoms with Gasteiger partial charge in [0, 0.05) is 37.7 Å². The molecular formula is C22H24FN5O2. The minimum Gasteiger partial charge on any atom is -0.378 e. The number of carbonyl (C=O) groups is 1. The number of nitrogens with zero attached hydrogens (tertiary/aromatic N) is 5. The molecule has 7 nitrogen and oxygen atoms in total. The zero-order valence-corrected chi connectivity index (χ0v) is 16.7. The van der Waals surface area contributed by atoms with Gasteiger partial charge in [0.2, 0.25) is 0 Å². The first-order valence-electron chi connectivity index (χ1n) is 10.4. The van der Waals surface area contributed by atoms with Crippen LogP contribution in [0.5, 0.6) is 0 Å². The maximum Gasteiger partial charge on any atom is 0.253 e. The number of morpholine rings is 1. The number of likely N-dealkylation sites (tertiary alicyclic amines) is 1. The van der Waals surface area contributed by atoms with Crippen LogP contribution in [0.15, 0.2) is 42.6 Å². The van der Waals surface area contributed by atoms with Crippen LogP contribution in [-0.4, -0.2) is 64.8 Å². The van der Waals surface area contributed by atoms with Gasteiger partial charge in [0.15, 0.2) is 11.5 Å². The SMILES string of the molecule is O=C(c1ccc(F)cc1)N1CCC[C@H](c2nc3ccc(N4CCOCC4)cn3n2)C1. The van der Waals surface area contributed by atoms with Crippen molar-refractivity contribution in [3.8, 4) is 0 Å². The van der Waals surface area contributed by atoms with E-state index in [1.807, 2.05) is 21.7 Å². The summed E-state index contributed by atoms with van der Waals surface area (Å²) in [4.78, 5) is 21.7. The molecule has 2 aromatic heterocycles. The van der Waals surface area contributed by atoms with E-state index in [0.29, 0.717) is 18.7 Å². The Balaban J connectivity index is 1.34. The highest BCUT2D eigenvalue weighted by Crippen LogP contribution is 2.27. The average Bonchev–Trinajstić information content (AvgIpc) is 3.23. The Hall–Kier alpha value is -3.00. The number of rotatable bonds is 3. The summed E-state index contributed by atoms with van der Waals surface area (Å²) in [6, 6.07) is 9.79. The van der Waals surface area contributed by atoms with Crippen LogP contribution in [0.2, 0.25) is 0 Å². The summed E-state index contributed by atoms with van der Waals surface area (Å²) < 4.78 is 20.4. The number of ether oxygens (including phenoxy) is 1. The van der Waals surface area contributed by atoms with E-state index in [2.05, 4.69) is 11.0 Å². The number of amides is 1. The molecule has 0 spiro atoms. The average molecular weight is 409 g/mol. The lowest BCUT2D eigenvalue weighted by Gasteiger charge is -2.31. The van der Waals surface area contributed by atoms with Crippen molar-refractivity contribution >= 4 is 17.2 Å². The quantitative estimate of drug-likeness (QED) is 0.666. The lowest BCUT2D eigenvalue weighted by atomic mass is 9.96. The van der Waals surface area contributed by atoms with Crippen LogP contribution < -0.4 is 4.90 Å². The predicted molar refractivity (Wildman–Crippen MR) is 110 cm³/mol. The van der Waals surface area contributed by atoms with Crippen LogP contribution in [0.4, 0.5) is 10.1 Å². The molecule has 0 bridgehead atoms.